The summed E-state index contributed by atoms with van der Waals surface area (Å²) in [7, 11) is 0. The van der Waals surface area contributed by atoms with Gasteiger partial charge in [-0.2, -0.15) is 10.2 Å². The van der Waals surface area contributed by atoms with Gasteiger partial charge in [0.05, 0.1) is 18.4 Å². The number of carbonyl (C=O) groups is 2. The lowest BCUT2D eigenvalue weighted by Crippen LogP contribution is -2.34. The number of nitrogens with zero attached hydrogens (tertiary/aromatic N) is 3. The van der Waals surface area contributed by atoms with Gasteiger partial charge in [0.25, 0.3) is 11.8 Å². The van der Waals surface area contributed by atoms with Gasteiger partial charge >= 0.3 is 0 Å². The van der Waals surface area contributed by atoms with E-state index in [4.69, 9.17) is 5.10 Å². The third-order valence-corrected chi connectivity index (χ3v) is 5.00. The molecule has 3 aromatic carbocycles. The van der Waals surface area contributed by atoms with Gasteiger partial charge in [-0.1, -0.05) is 48.0 Å². The van der Waals surface area contributed by atoms with Crippen LogP contribution in [-0.2, 0) is 4.79 Å². The molecule has 0 saturated heterocycles. The topological polar surface area (TPSA) is 88.4 Å². The van der Waals surface area contributed by atoms with Crippen LogP contribution in [0.5, 0.6) is 0 Å². The van der Waals surface area contributed by atoms with Crippen LogP contribution in [0.1, 0.15) is 21.5 Å². The first-order chi connectivity index (χ1) is 16.5. The Labute approximate surface area is 195 Å². The van der Waals surface area contributed by atoms with Crippen LogP contribution in [-0.4, -0.2) is 34.4 Å². The highest BCUT2D eigenvalue weighted by Gasteiger charge is 2.12. The summed E-state index contributed by atoms with van der Waals surface area (Å²) in [6.45, 7) is 1.74. The SMILES string of the molecule is Cc1ccc(-c2nn(-c3ccccc3)cc2/C=N/NC(=O)CNC(=O)c2ccc(F)cc2)cc1. The molecular weight excluding hydrogens is 433 g/mol. The highest BCUT2D eigenvalue weighted by atomic mass is 19.1. The zero-order valence-electron chi connectivity index (χ0n) is 18.4. The van der Waals surface area contributed by atoms with Crippen LogP contribution < -0.4 is 10.7 Å². The van der Waals surface area contributed by atoms with Gasteiger partial charge in [-0.05, 0) is 43.3 Å². The van der Waals surface area contributed by atoms with Crippen LogP contribution in [0, 0.1) is 12.7 Å². The number of nitrogens with one attached hydrogen (secondary N) is 2. The molecule has 170 valence electrons. The fourth-order valence-electron chi connectivity index (χ4n) is 3.21. The van der Waals surface area contributed by atoms with Crippen molar-refractivity contribution < 1.29 is 14.0 Å². The number of hydrogen-bond acceptors (Lipinski definition) is 4. The Bertz CT molecular complexity index is 1310. The molecule has 0 bridgehead atoms. The van der Waals surface area contributed by atoms with Crippen molar-refractivity contribution in [1.29, 1.82) is 0 Å². The number of rotatable bonds is 7. The zero-order valence-corrected chi connectivity index (χ0v) is 18.4. The number of hydrogen-bond donors (Lipinski definition) is 2. The predicted molar refractivity (Wildman–Crippen MR) is 128 cm³/mol. The summed E-state index contributed by atoms with van der Waals surface area (Å²) in [6.07, 6.45) is 3.35. The van der Waals surface area contributed by atoms with E-state index in [0.717, 1.165) is 16.8 Å². The molecule has 0 atom stereocenters. The second kappa shape index (κ2) is 10.4. The average Bonchev–Trinajstić information content (AvgIpc) is 3.28. The van der Waals surface area contributed by atoms with Crippen molar-refractivity contribution in [2.45, 2.75) is 6.92 Å². The van der Waals surface area contributed by atoms with Crippen molar-refractivity contribution in [2.75, 3.05) is 6.54 Å². The van der Waals surface area contributed by atoms with Crippen LogP contribution >= 0.6 is 0 Å². The molecule has 7 nitrogen and oxygen atoms in total. The van der Waals surface area contributed by atoms with Crippen LogP contribution in [0.2, 0.25) is 0 Å². The van der Waals surface area contributed by atoms with Crippen LogP contribution in [0.4, 0.5) is 4.39 Å². The second-order valence-corrected chi connectivity index (χ2v) is 7.56. The van der Waals surface area contributed by atoms with Gasteiger partial charge in [-0.15, -0.1) is 0 Å². The zero-order chi connectivity index (χ0) is 23.9. The minimum Gasteiger partial charge on any atom is -0.343 e. The lowest BCUT2D eigenvalue weighted by Gasteiger charge is -2.04. The van der Waals surface area contributed by atoms with Crippen molar-refractivity contribution in [1.82, 2.24) is 20.5 Å². The number of aryl methyl sites for hydroxylation is 1. The first-order valence-electron chi connectivity index (χ1n) is 10.6. The molecule has 1 heterocycles. The standard InChI is InChI=1S/C26H22FN5O2/c1-18-7-9-19(10-8-18)25-21(17-32(31-25)23-5-3-2-4-6-23)15-29-30-24(33)16-28-26(34)20-11-13-22(27)14-12-20/h2-15,17H,16H2,1H3,(H,28,34)(H,30,33)/b29-15+. The molecule has 8 heteroatoms. The average molecular weight is 455 g/mol. The third-order valence-electron chi connectivity index (χ3n) is 5.00. The van der Waals surface area contributed by atoms with Gasteiger partial charge in [0.2, 0.25) is 0 Å². The summed E-state index contributed by atoms with van der Waals surface area (Å²) >= 11 is 0. The molecule has 34 heavy (non-hydrogen) atoms. The fraction of sp³-hybridized carbons (Fsp3) is 0.0769. The summed E-state index contributed by atoms with van der Waals surface area (Å²) in [6, 6.07) is 22.7. The minimum absolute atomic E-state index is 0.258. The Hall–Kier alpha value is -4.59. The molecule has 0 unspecified atom stereocenters. The first-order valence-corrected chi connectivity index (χ1v) is 10.6. The van der Waals surface area contributed by atoms with Crippen LogP contribution in [0.25, 0.3) is 16.9 Å². The third kappa shape index (κ3) is 5.60. The maximum Gasteiger partial charge on any atom is 0.259 e. The Kier molecular flexibility index (Phi) is 6.88. The van der Waals surface area contributed by atoms with E-state index < -0.39 is 17.6 Å². The lowest BCUT2D eigenvalue weighted by atomic mass is 10.1. The number of hydrazone groups is 1. The molecule has 0 aliphatic heterocycles. The molecule has 2 N–H and O–H groups in total. The summed E-state index contributed by atoms with van der Waals surface area (Å²) < 4.78 is 14.7. The van der Waals surface area contributed by atoms with E-state index in [-0.39, 0.29) is 12.1 Å². The molecule has 0 aliphatic rings. The molecule has 0 radical (unpaired) electrons. The number of halogens is 1. The Balaban J connectivity index is 1.45. The first kappa shape index (κ1) is 22.6. The maximum absolute atomic E-state index is 13.0. The molecule has 2 amide bonds. The van der Waals surface area contributed by atoms with Gasteiger partial charge in [0.15, 0.2) is 0 Å². The van der Waals surface area contributed by atoms with Gasteiger partial charge in [-0.3, -0.25) is 9.59 Å². The Morgan fingerprint density at radius 3 is 2.41 bits per heavy atom. The number of carbonyl (C=O) groups excluding carboxylic acids is 2. The molecular formula is C26H22FN5O2. The molecule has 4 aromatic rings. The maximum atomic E-state index is 13.0. The van der Waals surface area contributed by atoms with Crippen molar-refractivity contribution in [2.24, 2.45) is 5.10 Å². The smallest absolute Gasteiger partial charge is 0.259 e. The van der Waals surface area contributed by atoms with E-state index in [1.54, 1.807) is 4.68 Å². The minimum atomic E-state index is -0.501. The highest BCUT2D eigenvalue weighted by Crippen LogP contribution is 2.23. The Morgan fingerprint density at radius 1 is 1.00 bits per heavy atom. The van der Waals surface area contributed by atoms with Gasteiger partial charge in [0.1, 0.15) is 11.5 Å². The molecule has 0 spiro atoms. The summed E-state index contributed by atoms with van der Waals surface area (Å²) in [5, 5.41) is 11.2. The normalized spacial score (nSPS) is 10.9. The number of benzene rings is 3. The van der Waals surface area contributed by atoms with E-state index in [9.17, 15) is 14.0 Å². The second-order valence-electron chi connectivity index (χ2n) is 7.56. The van der Waals surface area contributed by atoms with Crippen molar-refractivity contribution >= 4 is 18.0 Å². The molecule has 0 saturated carbocycles. The van der Waals surface area contributed by atoms with Gasteiger partial charge in [0, 0.05) is 22.9 Å². The molecule has 0 aliphatic carbocycles. The fourth-order valence-corrected chi connectivity index (χ4v) is 3.21. The van der Waals surface area contributed by atoms with Crippen molar-refractivity contribution in [3.8, 4) is 16.9 Å². The van der Waals surface area contributed by atoms with Gasteiger partial charge in [-0.25, -0.2) is 14.5 Å². The van der Waals surface area contributed by atoms with Crippen LogP contribution in [0.3, 0.4) is 0 Å². The van der Waals surface area contributed by atoms with E-state index in [1.165, 1.54) is 30.5 Å². The summed E-state index contributed by atoms with van der Waals surface area (Å²) in [4.78, 5) is 24.2. The number of para-hydroxylation sites is 1. The van der Waals surface area contributed by atoms with E-state index in [0.29, 0.717) is 11.3 Å². The van der Waals surface area contributed by atoms with Crippen molar-refractivity contribution in [3.63, 3.8) is 0 Å². The largest absolute Gasteiger partial charge is 0.343 e. The van der Waals surface area contributed by atoms with Gasteiger partial charge < -0.3 is 5.32 Å². The lowest BCUT2D eigenvalue weighted by molar-refractivity contribution is -0.120. The molecule has 1 aromatic heterocycles. The number of aromatic nitrogens is 2. The monoisotopic (exact) mass is 455 g/mol. The van der Waals surface area contributed by atoms with Crippen molar-refractivity contribution in [3.05, 3.63) is 108 Å². The van der Waals surface area contributed by atoms with E-state index in [2.05, 4.69) is 15.8 Å². The quantitative estimate of drug-likeness (QED) is 0.328. The molecule has 0 fully saturated rings. The van der Waals surface area contributed by atoms with E-state index >= 15 is 0 Å². The van der Waals surface area contributed by atoms with E-state index in [1.807, 2.05) is 67.7 Å². The van der Waals surface area contributed by atoms with Crippen LogP contribution in [0.15, 0.2) is 90.2 Å². The predicted octanol–water partition coefficient (Wildman–Crippen LogP) is 3.87. The summed E-state index contributed by atoms with van der Waals surface area (Å²) in [5.41, 5.74) is 7.03. The molecule has 4 rings (SSSR count). The highest BCUT2D eigenvalue weighted by molar-refractivity contribution is 5.96. The summed E-state index contributed by atoms with van der Waals surface area (Å²) in [5.74, 6) is -1.42. The number of amides is 2. The Morgan fingerprint density at radius 2 is 1.71 bits per heavy atom.